The Hall–Kier alpha value is -3.16. The molecule has 0 aliphatic rings. The monoisotopic (exact) mass is 382 g/mol. The number of hydrogen-bond acceptors (Lipinski definition) is 5. The molecule has 0 bridgehead atoms. The lowest BCUT2D eigenvalue weighted by Crippen LogP contribution is -2.40. The average molecular weight is 382 g/mol. The van der Waals surface area contributed by atoms with Crippen molar-refractivity contribution >= 4 is 6.03 Å². The molecule has 2 aromatic heterocycles. The van der Waals surface area contributed by atoms with Gasteiger partial charge in [0.25, 0.3) is 0 Å². The molecule has 0 aliphatic heterocycles. The Morgan fingerprint density at radius 3 is 2.75 bits per heavy atom. The predicted octanol–water partition coefficient (Wildman–Crippen LogP) is 3.05. The topological polar surface area (TPSA) is 89.1 Å². The molecule has 2 heterocycles. The van der Waals surface area contributed by atoms with E-state index in [9.17, 15) is 4.79 Å². The van der Waals surface area contributed by atoms with Gasteiger partial charge in [0.15, 0.2) is 5.82 Å². The van der Waals surface area contributed by atoms with E-state index in [1.54, 1.807) is 24.5 Å². The van der Waals surface area contributed by atoms with Gasteiger partial charge in [0.1, 0.15) is 0 Å². The number of hydrogen-bond donors (Lipinski definition) is 1. The first-order valence-corrected chi connectivity index (χ1v) is 9.35. The van der Waals surface area contributed by atoms with Gasteiger partial charge in [0, 0.05) is 32.4 Å². The molecule has 0 unspecified atom stereocenters. The first-order valence-electron chi connectivity index (χ1n) is 9.35. The van der Waals surface area contributed by atoms with E-state index in [4.69, 9.17) is 4.52 Å². The Morgan fingerprint density at radius 2 is 2.07 bits per heavy atom. The molecule has 1 N–H and O–H groups in total. The minimum absolute atomic E-state index is 0.188. The normalized spacial score (nSPS) is 12.1. The van der Waals surface area contributed by atoms with Crippen LogP contribution in [0.25, 0.3) is 0 Å². The van der Waals surface area contributed by atoms with Crippen molar-refractivity contribution in [3.05, 3.63) is 66.3 Å². The van der Waals surface area contributed by atoms with Crippen molar-refractivity contribution in [1.82, 2.24) is 29.9 Å². The van der Waals surface area contributed by atoms with Gasteiger partial charge >= 0.3 is 6.03 Å². The highest BCUT2D eigenvalue weighted by atomic mass is 16.5. The number of nitrogens with one attached hydrogen (secondary N) is 1. The quantitative estimate of drug-likeness (QED) is 0.647. The zero-order valence-electron chi connectivity index (χ0n) is 16.4. The van der Waals surface area contributed by atoms with Gasteiger partial charge in [-0.25, -0.2) is 9.78 Å². The van der Waals surface area contributed by atoms with Gasteiger partial charge < -0.3 is 19.3 Å². The number of aromatic nitrogens is 4. The van der Waals surface area contributed by atoms with Crippen molar-refractivity contribution in [2.45, 2.75) is 39.4 Å². The molecule has 1 aromatic carbocycles. The first kappa shape index (κ1) is 19.6. The van der Waals surface area contributed by atoms with Crippen LogP contribution in [0.15, 0.2) is 53.6 Å². The summed E-state index contributed by atoms with van der Waals surface area (Å²) in [5.74, 6) is 1.53. The molecule has 148 valence electrons. The van der Waals surface area contributed by atoms with Gasteiger partial charge in [-0.15, -0.1) is 0 Å². The highest BCUT2D eigenvalue weighted by Gasteiger charge is 2.19. The molecule has 0 radical (unpaired) electrons. The van der Waals surface area contributed by atoms with Gasteiger partial charge in [-0.2, -0.15) is 4.98 Å². The number of urea groups is 1. The van der Waals surface area contributed by atoms with Gasteiger partial charge in [0.2, 0.25) is 5.89 Å². The second kappa shape index (κ2) is 9.16. The lowest BCUT2D eigenvalue weighted by atomic mass is 10.1. The number of carbonyl (C=O) groups excluding carboxylic acids is 1. The number of benzene rings is 1. The number of rotatable bonds is 8. The zero-order valence-corrected chi connectivity index (χ0v) is 16.4. The molecule has 8 heteroatoms. The van der Waals surface area contributed by atoms with Crippen LogP contribution in [-0.4, -0.2) is 37.7 Å². The van der Waals surface area contributed by atoms with Crippen LogP contribution in [0.5, 0.6) is 0 Å². The summed E-state index contributed by atoms with van der Waals surface area (Å²) in [6.45, 7) is 5.05. The molecule has 3 rings (SSSR count). The van der Waals surface area contributed by atoms with Crippen molar-refractivity contribution in [2.75, 3.05) is 7.05 Å². The number of amides is 2. The molecule has 0 saturated heterocycles. The summed E-state index contributed by atoms with van der Waals surface area (Å²) in [5.41, 5.74) is 1.02. The SMILES string of the molecule is CC(C)Cc1nc(CN(C)C(=O)N[C@@H](Cn2ccnc2)c2ccccc2)no1. The predicted molar refractivity (Wildman–Crippen MR) is 104 cm³/mol. The third-order valence-electron chi connectivity index (χ3n) is 4.27. The summed E-state index contributed by atoms with van der Waals surface area (Å²) in [6.07, 6.45) is 6.06. The third-order valence-corrected chi connectivity index (χ3v) is 4.27. The summed E-state index contributed by atoms with van der Waals surface area (Å²) in [6, 6.07) is 9.48. The Bertz CT molecular complexity index is 860. The van der Waals surface area contributed by atoms with Crippen LogP contribution in [-0.2, 0) is 19.5 Å². The summed E-state index contributed by atoms with van der Waals surface area (Å²) in [7, 11) is 1.72. The second-order valence-electron chi connectivity index (χ2n) is 7.23. The van der Waals surface area contributed by atoms with Crippen LogP contribution < -0.4 is 5.32 Å². The van der Waals surface area contributed by atoms with Crippen molar-refractivity contribution in [2.24, 2.45) is 5.92 Å². The lowest BCUT2D eigenvalue weighted by Gasteiger charge is -2.23. The largest absolute Gasteiger partial charge is 0.339 e. The smallest absolute Gasteiger partial charge is 0.318 e. The molecular weight excluding hydrogens is 356 g/mol. The van der Waals surface area contributed by atoms with Crippen molar-refractivity contribution in [1.29, 1.82) is 0 Å². The lowest BCUT2D eigenvalue weighted by molar-refractivity contribution is 0.199. The Morgan fingerprint density at radius 1 is 1.29 bits per heavy atom. The molecule has 0 fully saturated rings. The van der Waals surface area contributed by atoms with E-state index in [0.717, 1.165) is 12.0 Å². The fourth-order valence-corrected chi connectivity index (χ4v) is 2.85. The molecule has 0 saturated carbocycles. The molecule has 0 spiro atoms. The van der Waals surface area contributed by atoms with Crippen molar-refractivity contribution in [3.63, 3.8) is 0 Å². The summed E-state index contributed by atoms with van der Waals surface area (Å²) in [4.78, 5) is 22.7. The van der Waals surface area contributed by atoms with E-state index >= 15 is 0 Å². The minimum Gasteiger partial charge on any atom is -0.339 e. The van der Waals surface area contributed by atoms with E-state index in [0.29, 0.717) is 24.2 Å². The average Bonchev–Trinajstić information content (AvgIpc) is 3.33. The molecule has 1 atom stereocenters. The molecule has 8 nitrogen and oxygen atoms in total. The maximum atomic E-state index is 12.7. The summed E-state index contributed by atoms with van der Waals surface area (Å²) in [5, 5.41) is 7.05. The van der Waals surface area contributed by atoms with Crippen LogP contribution in [0.3, 0.4) is 0 Å². The fraction of sp³-hybridized carbons (Fsp3) is 0.400. The van der Waals surface area contributed by atoms with Gasteiger partial charge in [-0.05, 0) is 11.5 Å². The molecule has 2 amide bonds. The first-order chi connectivity index (χ1) is 13.5. The van der Waals surface area contributed by atoms with E-state index in [-0.39, 0.29) is 18.6 Å². The highest BCUT2D eigenvalue weighted by molar-refractivity contribution is 5.74. The standard InChI is InChI=1S/C20H26N6O2/c1-15(2)11-19-23-18(24-28-19)13-25(3)20(27)22-17(12-26-10-9-21-14-26)16-7-5-4-6-8-16/h4-10,14-15,17H,11-13H2,1-3H3,(H,22,27)/t17-/m0/s1. The van der Waals surface area contributed by atoms with Crippen molar-refractivity contribution in [3.8, 4) is 0 Å². The van der Waals surface area contributed by atoms with Crippen LogP contribution in [0.2, 0.25) is 0 Å². The van der Waals surface area contributed by atoms with Crippen molar-refractivity contribution < 1.29 is 9.32 Å². The molecule has 28 heavy (non-hydrogen) atoms. The van der Waals surface area contributed by atoms with E-state index in [1.165, 1.54) is 0 Å². The molecule has 3 aromatic rings. The van der Waals surface area contributed by atoms with Gasteiger partial charge in [-0.3, -0.25) is 0 Å². The maximum absolute atomic E-state index is 12.7. The number of nitrogens with zero attached hydrogens (tertiary/aromatic N) is 5. The van der Waals surface area contributed by atoms with Crippen LogP contribution in [0.4, 0.5) is 4.79 Å². The molecular formula is C20H26N6O2. The number of carbonyl (C=O) groups is 1. The van der Waals surface area contributed by atoms with E-state index in [1.807, 2.05) is 41.1 Å². The maximum Gasteiger partial charge on any atom is 0.318 e. The third kappa shape index (κ3) is 5.42. The van der Waals surface area contributed by atoms with E-state index in [2.05, 4.69) is 34.3 Å². The fourth-order valence-electron chi connectivity index (χ4n) is 2.85. The van der Waals surface area contributed by atoms with Gasteiger partial charge in [-0.1, -0.05) is 49.3 Å². The van der Waals surface area contributed by atoms with Crippen LogP contribution in [0, 0.1) is 5.92 Å². The summed E-state index contributed by atoms with van der Waals surface area (Å²) >= 11 is 0. The Kier molecular flexibility index (Phi) is 6.41. The van der Waals surface area contributed by atoms with Gasteiger partial charge in [0.05, 0.1) is 18.9 Å². The Labute approximate surface area is 164 Å². The van der Waals surface area contributed by atoms with E-state index < -0.39 is 0 Å². The van der Waals surface area contributed by atoms with Crippen LogP contribution in [0.1, 0.15) is 37.2 Å². The zero-order chi connectivity index (χ0) is 19.9. The number of imidazole rings is 1. The summed E-state index contributed by atoms with van der Waals surface area (Å²) < 4.78 is 7.19. The highest BCUT2D eigenvalue weighted by Crippen LogP contribution is 2.16. The molecule has 0 aliphatic carbocycles. The van der Waals surface area contributed by atoms with Crippen LogP contribution >= 0.6 is 0 Å². The second-order valence-corrected chi connectivity index (χ2v) is 7.23. The minimum atomic E-state index is -0.204. The Balaban J connectivity index is 1.64.